The number of phenols is 3. The van der Waals surface area contributed by atoms with Crippen molar-refractivity contribution in [2.24, 2.45) is 28.9 Å². The maximum atomic E-state index is 16.2. The van der Waals surface area contributed by atoms with E-state index in [1.165, 1.54) is 42.9 Å². The molecule has 14 rings (SSSR count). The van der Waals surface area contributed by atoms with Crippen molar-refractivity contribution in [3.05, 3.63) is 139 Å². The Labute approximate surface area is 713 Å². The highest BCUT2D eigenvalue weighted by atomic mass is 35.5. The van der Waals surface area contributed by atoms with Crippen molar-refractivity contribution in [1.29, 1.82) is 0 Å². The number of benzene rings is 5. The van der Waals surface area contributed by atoms with Gasteiger partial charge in [0.1, 0.15) is 95.3 Å². The molecule has 3 fully saturated rings. The minimum atomic E-state index is -2.39. The van der Waals surface area contributed by atoms with Crippen molar-refractivity contribution in [3.63, 3.8) is 0 Å². The number of carboxylic acid groups (broad SMARTS) is 1. The molecule has 8 amide bonds. The number of anilines is 1. The topological polar surface area (TPSA) is 580 Å². The summed E-state index contributed by atoms with van der Waals surface area (Å²) in [5.74, 6) is -16.3. The van der Waals surface area contributed by atoms with Gasteiger partial charge in [0.25, 0.3) is 0 Å². The number of primary amides is 1. The molecule has 18 atom stereocenters. The largest absolute Gasteiger partial charge is 0.508 e. The van der Waals surface area contributed by atoms with Gasteiger partial charge in [-0.3, -0.25) is 42.9 Å². The number of hydrogen-bond donors (Lipinski definition) is 20. The summed E-state index contributed by atoms with van der Waals surface area (Å²) in [6, 6.07) is 0.525. The van der Waals surface area contributed by atoms with Crippen LogP contribution in [-0.4, -0.2) is 213 Å². The third kappa shape index (κ3) is 20.3. The molecule has 8 heterocycles. The number of carbonyl (C=O) groups excluding carboxylic acids is 8. The monoisotopic (exact) mass is 1750 g/mol. The zero-order chi connectivity index (χ0) is 89.3. The number of ether oxygens (including phenoxy) is 6. The minimum Gasteiger partial charge on any atom is -0.508 e. The fourth-order valence-corrected chi connectivity index (χ4v) is 16.7. The van der Waals surface area contributed by atoms with E-state index in [1.54, 1.807) is 6.92 Å². The van der Waals surface area contributed by atoms with Crippen molar-refractivity contribution in [2.75, 3.05) is 25.5 Å². The zero-order valence-corrected chi connectivity index (χ0v) is 69.5. The van der Waals surface area contributed by atoms with E-state index in [0.29, 0.717) is 18.8 Å². The van der Waals surface area contributed by atoms with E-state index in [9.17, 15) is 84.6 Å². The van der Waals surface area contributed by atoms with Crippen molar-refractivity contribution in [2.45, 2.75) is 209 Å². The molecule has 2 unspecified atom stereocenters. The lowest BCUT2D eigenvalue weighted by Crippen LogP contribution is -2.65. The van der Waals surface area contributed by atoms with Gasteiger partial charge in [0.15, 0.2) is 29.9 Å². The smallest absolute Gasteiger partial charge is 0.349 e. The molecule has 38 nitrogen and oxygen atoms in total. The van der Waals surface area contributed by atoms with Crippen molar-refractivity contribution in [1.82, 2.24) is 52.1 Å². The molecular formula is C83H100Cl2N12O26. The van der Waals surface area contributed by atoms with Crippen LogP contribution in [0.2, 0.25) is 10.0 Å². The van der Waals surface area contributed by atoms with Crippen molar-refractivity contribution < 1.29 is 123 Å². The van der Waals surface area contributed by atoms with Crippen LogP contribution in [0.25, 0.3) is 11.1 Å². The summed E-state index contributed by atoms with van der Waals surface area (Å²) < 4.78 is 40.7. The van der Waals surface area contributed by atoms with Crippen LogP contribution in [0.5, 0.6) is 46.0 Å². The number of aromatic hydroxyl groups is 3. The van der Waals surface area contributed by atoms with Gasteiger partial charge >= 0.3 is 11.7 Å². The van der Waals surface area contributed by atoms with E-state index < -0.39 is 243 Å². The summed E-state index contributed by atoms with van der Waals surface area (Å²) in [4.78, 5) is 149. The Balaban J connectivity index is 0.983. The van der Waals surface area contributed by atoms with Crippen LogP contribution in [0.1, 0.15) is 152 Å². The maximum Gasteiger partial charge on any atom is 0.349 e. The van der Waals surface area contributed by atoms with E-state index in [-0.39, 0.29) is 82.4 Å². The Morgan fingerprint density at radius 3 is 1.95 bits per heavy atom. The SMILES string of the molecule is CN[C@H](CC(C)C)C(=O)N[C@H]1C(=O)N[C@@H](CC(N)=O)C(=O)NC2C(=O)N[C@H]3C(=O)N[C@H](C(=O)N[C@@H](C(=O)O)c4cc(O)cc(O)c4-c4cc3ccc4O)[C@H](O)c3ccc(c(Cl)c3)Oc3cc2cc(c3OC2O[C@H](CO)[C@@H](O)[C@H](O)[C@H]2O[C@H]2C[C@](C)(NCCn3ccc(NC(=O)C4CCC(C(C)(C)C)CC4)nc3=O)[C@H](O)[C@H](C)O2)Oc2ccc(cc2Cl)[C@H]1O. The van der Waals surface area contributed by atoms with Gasteiger partial charge in [0.2, 0.25) is 59.3 Å². The number of phenolic OH excluding ortho intramolecular Hbond substituents is 3. The highest BCUT2D eigenvalue weighted by Gasteiger charge is 2.53. The number of carbonyl (C=O) groups is 9. The van der Waals surface area contributed by atoms with E-state index in [4.69, 9.17) is 57.4 Å². The Hall–Kier alpha value is -10.8. The number of nitrogens with zero attached hydrogens (tertiary/aromatic N) is 2. The van der Waals surface area contributed by atoms with Gasteiger partial charge in [0.05, 0.1) is 41.3 Å². The normalized spacial score (nSPS) is 28.3. The molecule has 1 aliphatic carbocycles. The summed E-state index contributed by atoms with van der Waals surface area (Å²) >= 11 is 14.3. The molecule has 8 aliphatic rings. The molecule has 1 aromatic heterocycles. The number of nitrogens with one attached hydrogen (secondary N) is 9. The number of hydrogen-bond acceptors (Lipinski definition) is 28. The van der Waals surface area contributed by atoms with Crippen LogP contribution in [0.15, 0.2) is 95.9 Å². The lowest BCUT2D eigenvalue weighted by molar-refractivity contribution is -0.334. The number of halogens is 2. The molecule has 662 valence electrons. The van der Waals surface area contributed by atoms with Crippen LogP contribution < -0.4 is 73.5 Å². The standard InChI is InChI=1S/C83H100Cl2N12O26/c1-34(2)23-47(87-8)73(109)95-63-65(103)38-12-17-51(45(84)25-38)119-53-27-40-28-54(69(53)123-80-70(68(106)67(105)55(33-98)121-80)122-58-32-83(7,71(107)35(3)118-58)88-20-22-97-21-19-57(91-81(97)117)90-72(108)36-9-14-41(15-10-36)82(4,5)6)120-52-18-13-39(26-46(52)85)66(104)64-78(114)94-62(79(115)116)44-29-42(99)30-50(101)59(44)43-24-37(11-16-49(43)100)60(75(111)96-64)93-76(112)61(40)92-74(110)48(31-56(86)102)89-77(63)113/h11-13,16-19,21,24-30,34-36,41,47-48,55,58,60-68,70-71,80,87-88,98-101,103-107H,9-10,14-15,20,22-23,31-33H2,1-8H3,(H2,86,102)(H,89,113)(H,92,110)(H,93,112)(H,94,114)(H,95,109)(H,96,111)(H,115,116)(H,90,91,108,117)/t35-,36?,41?,47+,48-,55+,58-,60+,61?,62+,63+,64-,65+,66+,67+,68-,70+,71+,80?,83-/m0/s1. The quantitative estimate of drug-likeness (QED) is 0.0554. The van der Waals surface area contributed by atoms with E-state index >= 15 is 14.4 Å². The summed E-state index contributed by atoms with van der Waals surface area (Å²) in [6.07, 6.45) is -14.8. The van der Waals surface area contributed by atoms with Crippen LogP contribution in [0.3, 0.4) is 0 Å². The first-order chi connectivity index (χ1) is 58.1. The van der Waals surface area contributed by atoms with Gasteiger partial charge in [-0.15, -0.1) is 0 Å². The third-order valence-electron chi connectivity index (χ3n) is 23.1. The molecule has 2 saturated heterocycles. The second-order valence-electron chi connectivity index (χ2n) is 33.2. The number of carboxylic acids is 1. The number of fused-ring (bicyclic) bond motifs is 15. The summed E-state index contributed by atoms with van der Waals surface area (Å²) in [5.41, 5.74) is 0.857. The van der Waals surface area contributed by atoms with Gasteiger partial charge in [-0.05, 0) is 153 Å². The van der Waals surface area contributed by atoms with Gasteiger partial charge in [0, 0.05) is 59.9 Å². The van der Waals surface area contributed by atoms with Crippen LogP contribution in [-0.2, 0) is 63.9 Å². The van der Waals surface area contributed by atoms with Crippen molar-refractivity contribution in [3.8, 4) is 57.1 Å². The van der Waals surface area contributed by atoms with Crippen LogP contribution in [0.4, 0.5) is 5.82 Å². The molecule has 0 spiro atoms. The molecule has 11 bridgehead atoms. The number of aromatic nitrogens is 2. The molecule has 6 aromatic rings. The molecule has 0 radical (unpaired) electrons. The highest BCUT2D eigenvalue weighted by molar-refractivity contribution is 6.32. The average Bonchev–Trinajstić information content (AvgIpc) is 0.765. The second-order valence-corrected chi connectivity index (χ2v) is 34.1. The summed E-state index contributed by atoms with van der Waals surface area (Å²) in [7, 11) is 1.47. The zero-order valence-electron chi connectivity index (χ0n) is 68.0. The van der Waals surface area contributed by atoms with Gasteiger partial charge < -0.3 is 133 Å². The number of likely N-dealkylation sites (N-methyl/N-ethyl adjacent to an activating group) is 1. The Morgan fingerprint density at radius 1 is 0.724 bits per heavy atom. The first-order valence-corrected chi connectivity index (χ1v) is 40.7. The Bertz CT molecular complexity index is 5110. The van der Waals surface area contributed by atoms with Gasteiger partial charge in [-0.25, -0.2) is 9.59 Å². The molecule has 123 heavy (non-hydrogen) atoms. The highest BCUT2D eigenvalue weighted by Crippen LogP contribution is 2.51. The fourth-order valence-electron chi connectivity index (χ4n) is 16.2. The number of rotatable bonds is 19. The number of aliphatic carboxylic acids is 1. The van der Waals surface area contributed by atoms with Gasteiger partial charge in [-0.1, -0.05) is 76.0 Å². The van der Waals surface area contributed by atoms with E-state index in [2.05, 4.69) is 73.6 Å². The fraction of sp³-hybridized carbons (Fsp3) is 0.482. The number of nitrogens with two attached hydrogens (primary N) is 1. The molecule has 5 aromatic carbocycles. The molecular weight excluding hydrogens is 1650 g/mol. The van der Waals surface area contributed by atoms with Crippen LogP contribution >= 0.6 is 23.2 Å². The summed E-state index contributed by atoms with van der Waals surface area (Å²) in [6.45, 7) is 12.3. The number of aliphatic hydroxyl groups is 6. The predicted molar refractivity (Wildman–Crippen MR) is 435 cm³/mol. The molecule has 21 N–H and O–H groups in total. The van der Waals surface area contributed by atoms with Crippen LogP contribution in [0, 0.1) is 23.2 Å². The molecule has 40 heteroatoms. The van der Waals surface area contributed by atoms with Gasteiger partial charge in [-0.2, -0.15) is 4.98 Å². The predicted octanol–water partition coefficient (Wildman–Crippen LogP) is 2.79. The first kappa shape index (κ1) is 91.4. The van der Waals surface area contributed by atoms with Crippen molar-refractivity contribution >= 4 is 82.2 Å². The first-order valence-electron chi connectivity index (χ1n) is 39.9. The van der Waals surface area contributed by atoms with E-state index in [1.807, 2.05) is 13.8 Å². The Morgan fingerprint density at radius 2 is 1.35 bits per heavy atom. The summed E-state index contributed by atoms with van der Waals surface area (Å²) in [5, 5.41) is 139. The lowest BCUT2D eigenvalue weighted by atomic mass is 9.70. The third-order valence-corrected chi connectivity index (χ3v) is 23.7. The maximum absolute atomic E-state index is 16.2. The minimum absolute atomic E-state index is 0.000610. The second kappa shape index (κ2) is 37.7. The molecule has 7 aliphatic heterocycles. The average molecular weight is 1750 g/mol. The number of amides is 8. The van der Waals surface area contributed by atoms with E-state index in [0.717, 1.165) is 79.6 Å². The Kier molecular flexibility index (Phi) is 28.0. The number of aliphatic hydroxyl groups excluding tert-OH is 6. The molecule has 1 saturated carbocycles. The lowest BCUT2D eigenvalue weighted by Gasteiger charge is -2.48.